The van der Waals surface area contributed by atoms with E-state index in [9.17, 15) is 21.6 Å². The van der Waals surface area contributed by atoms with Crippen LogP contribution in [0.25, 0.3) is 0 Å². The largest absolute Gasteiger partial charge is 0.534 e. The Morgan fingerprint density at radius 3 is 2.50 bits per heavy atom. The van der Waals surface area contributed by atoms with Crippen LogP contribution < -0.4 is 4.18 Å². The summed E-state index contributed by atoms with van der Waals surface area (Å²) in [5, 5.41) is 0. The van der Waals surface area contributed by atoms with Crippen molar-refractivity contribution in [1.82, 2.24) is 0 Å². The minimum Gasteiger partial charge on any atom is -0.376 e. The Bertz CT molecular complexity index is 618. The summed E-state index contributed by atoms with van der Waals surface area (Å²) in [6, 6.07) is 4.30. The van der Waals surface area contributed by atoms with Crippen LogP contribution in [0.4, 0.5) is 13.2 Å². The zero-order chi connectivity index (χ0) is 15.2. The highest BCUT2D eigenvalue weighted by atomic mass is 32.2. The van der Waals surface area contributed by atoms with Gasteiger partial charge < -0.3 is 4.18 Å². The molecule has 1 aromatic rings. The fourth-order valence-corrected chi connectivity index (χ4v) is 2.94. The molecule has 0 atom stereocenters. The van der Waals surface area contributed by atoms with Gasteiger partial charge in [-0.05, 0) is 47.9 Å². The van der Waals surface area contributed by atoms with Gasteiger partial charge in [0.15, 0.2) is 0 Å². The molecule has 0 heterocycles. The molecule has 0 N–H and O–H groups in total. The Balaban J connectivity index is 2.38. The highest BCUT2D eigenvalue weighted by molar-refractivity contribution is 7.87. The average Bonchev–Trinajstić information content (AvgIpc) is 2.27. The van der Waals surface area contributed by atoms with E-state index in [1.807, 2.05) is 13.8 Å². The van der Waals surface area contributed by atoms with Crippen molar-refractivity contribution in [3.63, 3.8) is 0 Å². The molecule has 20 heavy (non-hydrogen) atoms. The molecular formula is C13H15F3O3S. The highest BCUT2D eigenvalue weighted by Gasteiger charge is 2.48. The van der Waals surface area contributed by atoms with Gasteiger partial charge in [0.2, 0.25) is 0 Å². The molecule has 0 aromatic heterocycles. The van der Waals surface area contributed by atoms with E-state index in [4.69, 9.17) is 0 Å². The summed E-state index contributed by atoms with van der Waals surface area (Å²) in [7, 11) is -5.61. The van der Waals surface area contributed by atoms with E-state index in [2.05, 4.69) is 4.18 Å². The standard InChI is InChI=1S/C13H15F3O3S/c1-12(2)7-3-4-9-5-6-10(8-11(9)12)19-20(17,18)13(14,15)16/h5-6,8H,3-4,7H2,1-2H3. The Labute approximate surface area is 115 Å². The van der Waals surface area contributed by atoms with Crippen LogP contribution in [0.1, 0.15) is 37.8 Å². The Kier molecular flexibility index (Phi) is 3.52. The van der Waals surface area contributed by atoms with Crippen molar-refractivity contribution < 1.29 is 25.8 Å². The van der Waals surface area contributed by atoms with E-state index in [1.54, 1.807) is 6.07 Å². The van der Waals surface area contributed by atoms with Crippen molar-refractivity contribution in [3.05, 3.63) is 29.3 Å². The lowest BCUT2D eigenvalue weighted by atomic mass is 9.73. The third kappa shape index (κ3) is 2.77. The molecule has 2 rings (SSSR count). The van der Waals surface area contributed by atoms with E-state index >= 15 is 0 Å². The van der Waals surface area contributed by atoms with Crippen LogP contribution >= 0.6 is 0 Å². The van der Waals surface area contributed by atoms with Gasteiger partial charge in [-0.25, -0.2) is 0 Å². The summed E-state index contributed by atoms with van der Waals surface area (Å²) in [4.78, 5) is 0. The third-order valence-electron chi connectivity index (χ3n) is 3.55. The molecule has 112 valence electrons. The van der Waals surface area contributed by atoms with E-state index in [-0.39, 0.29) is 11.2 Å². The minimum atomic E-state index is -5.61. The Morgan fingerprint density at radius 1 is 1.25 bits per heavy atom. The number of rotatable bonds is 2. The molecule has 0 saturated heterocycles. The maximum Gasteiger partial charge on any atom is 0.534 e. The predicted octanol–water partition coefficient (Wildman–Crippen LogP) is 3.53. The molecule has 0 bridgehead atoms. The van der Waals surface area contributed by atoms with Gasteiger partial charge in [-0.3, -0.25) is 0 Å². The number of alkyl halides is 3. The SMILES string of the molecule is CC1(C)CCCc2ccc(OS(=O)(=O)C(F)(F)F)cc21. The van der Waals surface area contributed by atoms with Gasteiger partial charge in [-0.15, -0.1) is 0 Å². The second-order valence-electron chi connectivity index (χ2n) is 5.54. The molecule has 0 amide bonds. The summed E-state index contributed by atoms with van der Waals surface area (Å²) < 4.78 is 63.1. The number of benzene rings is 1. The fraction of sp³-hybridized carbons (Fsp3) is 0.538. The number of fused-ring (bicyclic) bond motifs is 1. The second kappa shape index (κ2) is 4.65. The van der Waals surface area contributed by atoms with Gasteiger partial charge in [-0.2, -0.15) is 21.6 Å². The van der Waals surface area contributed by atoms with Crippen LogP contribution in [-0.4, -0.2) is 13.9 Å². The van der Waals surface area contributed by atoms with E-state index in [0.29, 0.717) is 0 Å². The first-order chi connectivity index (χ1) is 9.03. The van der Waals surface area contributed by atoms with E-state index in [1.165, 1.54) is 12.1 Å². The first-order valence-corrected chi connectivity index (χ1v) is 7.58. The number of aryl methyl sites for hydroxylation is 1. The molecule has 0 aliphatic heterocycles. The minimum absolute atomic E-state index is 0.199. The normalized spacial score (nSPS) is 18.4. The highest BCUT2D eigenvalue weighted by Crippen LogP contribution is 2.39. The van der Waals surface area contributed by atoms with Crippen molar-refractivity contribution in [2.24, 2.45) is 0 Å². The lowest BCUT2D eigenvalue weighted by Crippen LogP contribution is -2.28. The molecule has 0 unspecified atom stereocenters. The molecule has 1 aliphatic rings. The summed E-state index contributed by atoms with van der Waals surface area (Å²) in [5.41, 5.74) is -3.75. The smallest absolute Gasteiger partial charge is 0.376 e. The predicted molar refractivity (Wildman–Crippen MR) is 68.0 cm³/mol. The van der Waals surface area contributed by atoms with Crippen molar-refractivity contribution in [2.45, 2.75) is 44.0 Å². The van der Waals surface area contributed by atoms with Gasteiger partial charge in [-0.1, -0.05) is 19.9 Å². The van der Waals surface area contributed by atoms with E-state index < -0.39 is 15.6 Å². The number of hydrogen-bond acceptors (Lipinski definition) is 3. The van der Waals surface area contributed by atoms with Gasteiger partial charge in [0.1, 0.15) is 5.75 Å². The summed E-state index contributed by atoms with van der Waals surface area (Å²) in [5.74, 6) is -0.295. The van der Waals surface area contributed by atoms with Gasteiger partial charge in [0.25, 0.3) is 0 Å². The molecule has 0 saturated carbocycles. The van der Waals surface area contributed by atoms with Crippen LogP contribution in [0, 0.1) is 0 Å². The fourth-order valence-electron chi connectivity index (χ4n) is 2.48. The monoisotopic (exact) mass is 308 g/mol. The molecule has 0 spiro atoms. The molecule has 3 nitrogen and oxygen atoms in total. The molecule has 0 radical (unpaired) electrons. The zero-order valence-corrected chi connectivity index (χ0v) is 11.9. The number of halogens is 3. The van der Waals surface area contributed by atoms with Crippen LogP contribution in [0.2, 0.25) is 0 Å². The van der Waals surface area contributed by atoms with Crippen LogP contribution in [0.5, 0.6) is 5.75 Å². The maximum absolute atomic E-state index is 12.3. The number of hydrogen-bond donors (Lipinski definition) is 0. The van der Waals surface area contributed by atoms with Crippen molar-refractivity contribution in [1.29, 1.82) is 0 Å². The van der Waals surface area contributed by atoms with Gasteiger partial charge in [0, 0.05) is 0 Å². The lowest BCUT2D eigenvalue weighted by Gasteiger charge is -2.32. The quantitative estimate of drug-likeness (QED) is 0.620. The van der Waals surface area contributed by atoms with E-state index in [0.717, 1.165) is 30.4 Å². The molecule has 1 aliphatic carbocycles. The summed E-state index contributed by atoms with van der Waals surface area (Å²) >= 11 is 0. The topological polar surface area (TPSA) is 43.4 Å². The van der Waals surface area contributed by atoms with Crippen molar-refractivity contribution in [2.75, 3.05) is 0 Å². The third-order valence-corrected chi connectivity index (χ3v) is 4.53. The van der Waals surface area contributed by atoms with Crippen LogP contribution in [0.15, 0.2) is 18.2 Å². The first-order valence-electron chi connectivity index (χ1n) is 6.17. The molecule has 1 aromatic carbocycles. The van der Waals surface area contributed by atoms with Gasteiger partial charge >= 0.3 is 15.6 Å². The summed E-state index contributed by atoms with van der Waals surface area (Å²) in [6.07, 6.45) is 2.74. The summed E-state index contributed by atoms with van der Waals surface area (Å²) in [6.45, 7) is 3.96. The van der Waals surface area contributed by atoms with Gasteiger partial charge in [0.05, 0.1) is 0 Å². The lowest BCUT2D eigenvalue weighted by molar-refractivity contribution is -0.0500. The Morgan fingerprint density at radius 2 is 1.90 bits per heavy atom. The average molecular weight is 308 g/mol. The van der Waals surface area contributed by atoms with Crippen molar-refractivity contribution in [3.8, 4) is 5.75 Å². The molecular weight excluding hydrogens is 293 g/mol. The molecule has 0 fully saturated rings. The Hall–Kier alpha value is -1.24. The zero-order valence-electron chi connectivity index (χ0n) is 11.1. The van der Waals surface area contributed by atoms with Crippen LogP contribution in [0.3, 0.4) is 0 Å². The van der Waals surface area contributed by atoms with Crippen molar-refractivity contribution >= 4 is 10.1 Å². The second-order valence-corrected chi connectivity index (χ2v) is 7.08. The maximum atomic E-state index is 12.3. The van der Waals surface area contributed by atoms with Crippen LogP contribution in [-0.2, 0) is 22.0 Å². The molecule has 7 heteroatoms. The first kappa shape index (κ1) is 15.2.